The maximum absolute atomic E-state index is 7.33. The van der Waals surface area contributed by atoms with Crippen molar-refractivity contribution in [2.45, 2.75) is 0 Å². The van der Waals surface area contributed by atoms with E-state index in [4.69, 9.17) is 19.2 Å². The van der Waals surface area contributed by atoms with Crippen molar-refractivity contribution >= 4 is 34.8 Å². The molecule has 0 rings (SSSR count). The predicted octanol–water partition coefficient (Wildman–Crippen LogP) is -7.06. The van der Waals surface area contributed by atoms with Gasteiger partial charge in [0.05, 0.1) is 0 Å². The third kappa shape index (κ3) is 84.0. The second-order valence-electron chi connectivity index (χ2n) is 0.600. The first-order chi connectivity index (χ1) is 2.00. The summed E-state index contributed by atoms with van der Waals surface area (Å²) in [6.45, 7) is 0. The molecule has 0 aromatic heterocycles. The summed E-state index contributed by atoms with van der Waals surface area (Å²) in [6.07, 6.45) is 0. The van der Waals surface area contributed by atoms with E-state index >= 15 is 0 Å². The fraction of sp³-hybridized carbons (Fsp3) is 0. The average molecular weight is 177 g/mol. The van der Waals surface area contributed by atoms with E-state index in [9.17, 15) is 0 Å². The Kier molecular flexibility index (Phi) is 26.1. The zero-order chi connectivity index (χ0) is 4.50. The van der Waals surface area contributed by atoms with Crippen LogP contribution in [-0.2, 0) is 0 Å². The third-order valence-corrected chi connectivity index (χ3v) is 0. The van der Waals surface area contributed by atoms with Crippen LogP contribution >= 0.6 is 0 Å². The first-order valence-corrected chi connectivity index (χ1v) is 2.68. The molecule has 0 spiro atoms. The Balaban J connectivity index is -0.0000000133. The molecule has 0 aromatic carbocycles. The van der Waals surface area contributed by atoms with Gasteiger partial charge in [0.25, 0.3) is 0 Å². The van der Waals surface area contributed by atoms with E-state index in [-0.39, 0.29) is 78.6 Å². The van der Waals surface area contributed by atoms with Crippen LogP contribution in [0.15, 0.2) is 0 Å². The normalized spacial score (nSPS) is 7.50. The van der Waals surface area contributed by atoms with Crippen LogP contribution in [0.25, 0.3) is 0 Å². The van der Waals surface area contributed by atoms with Crippen molar-refractivity contribution in [3.63, 3.8) is 0 Å². The fourth-order valence-electron chi connectivity index (χ4n) is 0. The zero-order valence-corrected chi connectivity index (χ0v) is 7.99. The predicted molar refractivity (Wildman–Crippen MR) is 31.4 cm³/mol. The van der Waals surface area contributed by atoms with Crippen LogP contribution in [0.5, 0.6) is 0 Å². The molecule has 0 saturated carbocycles. The quantitative estimate of drug-likeness (QED) is 0.277. The molecule has 4 N–H and O–H groups in total. The van der Waals surface area contributed by atoms with Gasteiger partial charge in [-0.05, 0) is 0 Å². The maximum atomic E-state index is 7.33. The SMILES string of the molecule is O[Si](O)(O)O.[AlH3].[B].[H-].[K+]. The van der Waals surface area contributed by atoms with Crippen molar-refractivity contribution in [3.05, 3.63) is 0 Å². The fourth-order valence-corrected chi connectivity index (χ4v) is 0. The van der Waals surface area contributed by atoms with Crippen molar-refractivity contribution in [3.8, 4) is 0 Å². The standard InChI is InChI=1S/Al.B.K.H4O4Si.4H/c;;;1-5(2,3)4;;;;/h;;;1-4H;;;;/q;;+1;;;;;-1. The molecule has 0 aliphatic carbocycles. The van der Waals surface area contributed by atoms with E-state index in [0.717, 1.165) is 0 Å². The van der Waals surface area contributed by atoms with Gasteiger partial charge >= 0.3 is 60.4 Å². The molecular weight excluding hydrogens is 169 g/mol. The second kappa shape index (κ2) is 9.29. The Morgan fingerprint density at radius 2 is 1.00 bits per heavy atom. The maximum Gasteiger partial charge on any atom is 1.00 e. The van der Waals surface area contributed by atoms with Crippen LogP contribution in [0.3, 0.4) is 0 Å². The van der Waals surface area contributed by atoms with Gasteiger partial charge in [-0.2, -0.15) is 0 Å². The molecule has 0 aromatic rings. The summed E-state index contributed by atoms with van der Waals surface area (Å²) in [5.74, 6) is 0. The Hall–Kier alpha value is 2.29. The molecule has 0 aliphatic heterocycles. The minimum Gasteiger partial charge on any atom is -1.00 e. The van der Waals surface area contributed by atoms with Crippen molar-refractivity contribution in [1.82, 2.24) is 0 Å². The summed E-state index contributed by atoms with van der Waals surface area (Å²) in [5.41, 5.74) is 0. The molecule has 0 atom stereocenters. The summed E-state index contributed by atoms with van der Waals surface area (Å²) < 4.78 is 0. The van der Waals surface area contributed by atoms with E-state index in [0.29, 0.717) is 0 Å². The molecule has 4 nitrogen and oxygen atoms in total. The molecule has 0 heterocycles. The molecule has 0 unspecified atom stereocenters. The molecular formula is H8AlBKO4Si. The largest absolute Gasteiger partial charge is 1.00 e. The third-order valence-electron chi connectivity index (χ3n) is 0. The van der Waals surface area contributed by atoms with Crippen LogP contribution < -0.4 is 51.4 Å². The van der Waals surface area contributed by atoms with Crippen LogP contribution in [0, 0.1) is 0 Å². The number of rotatable bonds is 0. The van der Waals surface area contributed by atoms with E-state index < -0.39 is 9.05 Å². The summed E-state index contributed by atoms with van der Waals surface area (Å²) >= 11 is 0. The van der Waals surface area contributed by atoms with Gasteiger partial charge in [0.15, 0.2) is 17.4 Å². The van der Waals surface area contributed by atoms with Crippen LogP contribution in [0.1, 0.15) is 1.43 Å². The van der Waals surface area contributed by atoms with Gasteiger partial charge in [0.2, 0.25) is 0 Å². The Morgan fingerprint density at radius 1 is 1.00 bits per heavy atom. The van der Waals surface area contributed by atoms with Crippen LogP contribution in [0.4, 0.5) is 0 Å². The Bertz CT molecular complexity index is 36.0. The van der Waals surface area contributed by atoms with Gasteiger partial charge in [0, 0.05) is 8.41 Å². The van der Waals surface area contributed by atoms with E-state index in [1.807, 2.05) is 0 Å². The van der Waals surface area contributed by atoms with Gasteiger partial charge in [-0.15, -0.1) is 0 Å². The van der Waals surface area contributed by atoms with Crippen molar-refractivity contribution in [1.29, 1.82) is 0 Å². The van der Waals surface area contributed by atoms with E-state index in [2.05, 4.69) is 0 Å². The second-order valence-corrected chi connectivity index (χ2v) is 1.80. The van der Waals surface area contributed by atoms with Gasteiger partial charge in [-0.1, -0.05) is 0 Å². The first-order valence-electron chi connectivity index (χ1n) is 0.894. The summed E-state index contributed by atoms with van der Waals surface area (Å²) in [7, 11) is -4.61. The molecule has 0 aliphatic rings. The average Bonchev–Trinajstić information content (AvgIpc) is 0.722. The van der Waals surface area contributed by atoms with E-state index in [1.54, 1.807) is 0 Å². The van der Waals surface area contributed by atoms with Crippen molar-refractivity contribution in [2.24, 2.45) is 0 Å². The van der Waals surface area contributed by atoms with E-state index in [1.165, 1.54) is 0 Å². The monoisotopic (exact) mass is 177 g/mol. The molecule has 3 radical (unpaired) electrons. The molecule has 8 heavy (non-hydrogen) atoms. The van der Waals surface area contributed by atoms with Gasteiger partial charge in [-0.3, -0.25) is 0 Å². The number of hydrogen-bond acceptors (Lipinski definition) is 4. The molecule has 0 amide bonds. The summed E-state index contributed by atoms with van der Waals surface area (Å²) in [6, 6.07) is 0. The van der Waals surface area contributed by atoms with Crippen molar-refractivity contribution < 1.29 is 72.0 Å². The minimum absolute atomic E-state index is 0. The first kappa shape index (κ1) is 22.4. The molecule has 0 bridgehead atoms. The number of hydrogen-bond donors (Lipinski definition) is 4. The van der Waals surface area contributed by atoms with Crippen molar-refractivity contribution in [2.75, 3.05) is 0 Å². The molecule has 43 valence electrons. The Morgan fingerprint density at radius 3 is 1.00 bits per heavy atom. The van der Waals surface area contributed by atoms with Gasteiger partial charge < -0.3 is 20.6 Å². The molecule has 0 fully saturated rings. The zero-order valence-electron chi connectivity index (χ0n) is 4.87. The van der Waals surface area contributed by atoms with Gasteiger partial charge in [0.1, 0.15) is 0 Å². The van der Waals surface area contributed by atoms with Crippen LogP contribution in [0.2, 0.25) is 0 Å². The van der Waals surface area contributed by atoms with Crippen LogP contribution in [-0.4, -0.2) is 54.0 Å². The minimum atomic E-state index is -4.61. The Labute approximate surface area is 105 Å². The van der Waals surface area contributed by atoms with Gasteiger partial charge in [-0.25, -0.2) is 0 Å². The molecule has 8 heteroatoms. The molecule has 0 saturated heterocycles. The summed E-state index contributed by atoms with van der Waals surface area (Å²) in [4.78, 5) is 29.3. The summed E-state index contributed by atoms with van der Waals surface area (Å²) in [5, 5.41) is 0. The smallest absolute Gasteiger partial charge is 1.00 e. The topological polar surface area (TPSA) is 80.9 Å².